The molecular weight excluding hydrogens is 316 g/mol. The Bertz CT molecular complexity index is 554. The van der Waals surface area contributed by atoms with Gasteiger partial charge in [-0.1, -0.05) is 0 Å². The Morgan fingerprint density at radius 1 is 1.39 bits per heavy atom. The highest BCUT2D eigenvalue weighted by Crippen LogP contribution is 2.06. The van der Waals surface area contributed by atoms with E-state index in [0.29, 0.717) is 25.3 Å². The second-order valence-electron chi connectivity index (χ2n) is 6.01. The Balaban J connectivity index is 2.34. The van der Waals surface area contributed by atoms with Crippen LogP contribution in [0.3, 0.4) is 0 Å². The fourth-order valence-electron chi connectivity index (χ4n) is 1.74. The molecule has 0 spiro atoms. The average molecular weight is 342 g/mol. The van der Waals surface area contributed by atoms with Crippen LogP contribution < -0.4 is 16.2 Å². The van der Waals surface area contributed by atoms with Gasteiger partial charge in [-0.2, -0.15) is 16.9 Å². The number of hydrogen-bond acceptors (Lipinski definition) is 6. The Labute approximate surface area is 141 Å². The zero-order valence-corrected chi connectivity index (χ0v) is 15.0. The topological polar surface area (TPSA) is 85.2 Å². The predicted octanol–water partition coefficient (Wildman–Crippen LogP) is 1.93. The number of carbonyl (C=O) groups is 1. The van der Waals surface area contributed by atoms with E-state index in [1.165, 1.54) is 10.7 Å². The first-order valence-electron chi connectivity index (χ1n) is 7.58. The molecule has 0 radical (unpaired) electrons. The first-order chi connectivity index (χ1) is 10.8. The third kappa shape index (κ3) is 8.49. The normalized spacial score (nSPS) is 11.1. The van der Waals surface area contributed by atoms with Crippen molar-refractivity contribution in [2.24, 2.45) is 0 Å². The molecule has 1 aromatic rings. The van der Waals surface area contributed by atoms with Gasteiger partial charge in [0.2, 0.25) is 0 Å². The molecular formula is C15H26N4O3S. The van der Waals surface area contributed by atoms with Crippen molar-refractivity contribution in [3.8, 4) is 0 Å². The number of nitrogens with zero attached hydrogens (tertiary/aromatic N) is 2. The van der Waals surface area contributed by atoms with Crippen molar-refractivity contribution in [2.45, 2.75) is 39.3 Å². The highest BCUT2D eigenvalue weighted by molar-refractivity contribution is 7.98. The lowest BCUT2D eigenvalue weighted by atomic mass is 10.2. The summed E-state index contributed by atoms with van der Waals surface area (Å²) in [5.74, 6) is 1.00. The number of rotatable bonds is 8. The van der Waals surface area contributed by atoms with E-state index in [0.717, 1.165) is 12.2 Å². The Hall–Kier alpha value is -1.70. The summed E-state index contributed by atoms with van der Waals surface area (Å²) in [5.41, 5.74) is 0.000645. The third-order valence-corrected chi connectivity index (χ3v) is 3.41. The van der Waals surface area contributed by atoms with Crippen LogP contribution in [0.15, 0.2) is 17.1 Å². The van der Waals surface area contributed by atoms with Gasteiger partial charge in [-0.25, -0.2) is 9.48 Å². The third-order valence-electron chi connectivity index (χ3n) is 2.71. The number of anilines is 1. The summed E-state index contributed by atoms with van der Waals surface area (Å²) >= 11 is 1.75. The highest BCUT2D eigenvalue weighted by atomic mass is 32.2. The van der Waals surface area contributed by atoms with Crippen LogP contribution in [0.4, 0.5) is 10.5 Å². The van der Waals surface area contributed by atoms with Crippen LogP contribution in [0, 0.1) is 0 Å². The van der Waals surface area contributed by atoms with E-state index in [-0.39, 0.29) is 5.56 Å². The molecule has 0 aromatic carbocycles. The number of hydrogen-bond donors (Lipinski definition) is 2. The number of aryl methyl sites for hydroxylation is 1. The molecule has 0 bridgehead atoms. The second-order valence-corrected chi connectivity index (χ2v) is 6.99. The smallest absolute Gasteiger partial charge is 0.407 e. The zero-order valence-electron chi connectivity index (χ0n) is 14.2. The van der Waals surface area contributed by atoms with E-state index in [1.54, 1.807) is 18.0 Å². The molecule has 1 aromatic heterocycles. The van der Waals surface area contributed by atoms with Gasteiger partial charge in [0.1, 0.15) is 5.60 Å². The Morgan fingerprint density at radius 2 is 2.13 bits per heavy atom. The molecule has 7 nitrogen and oxygen atoms in total. The molecule has 1 heterocycles. The van der Waals surface area contributed by atoms with Gasteiger partial charge in [0.25, 0.3) is 5.56 Å². The Kier molecular flexibility index (Phi) is 7.94. The van der Waals surface area contributed by atoms with Gasteiger partial charge in [0.15, 0.2) is 0 Å². The molecule has 0 atom stereocenters. The molecule has 0 saturated heterocycles. The minimum atomic E-state index is -0.512. The molecule has 1 rings (SSSR count). The fraction of sp³-hybridized carbons (Fsp3) is 0.667. The number of thioether (sulfide) groups is 1. The standard InChI is InChI=1S/C15H26N4O3S/c1-15(2,3)22-14(21)17-7-6-16-12-10-13(20)19(18-11-12)8-5-9-23-4/h10-11,16H,5-9H2,1-4H3,(H,17,21). The van der Waals surface area contributed by atoms with E-state index in [4.69, 9.17) is 4.74 Å². The molecule has 0 aliphatic carbocycles. The van der Waals surface area contributed by atoms with Gasteiger partial charge >= 0.3 is 6.09 Å². The van der Waals surface area contributed by atoms with Gasteiger partial charge in [0.05, 0.1) is 11.9 Å². The molecule has 130 valence electrons. The summed E-state index contributed by atoms with van der Waals surface area (Å²) in [6.45, 7) is 6.93. The first-order valence-corrected chi connectivity index (χ1v) is 8.98. The van der Waals surface area contributed by atoms with Crippen LogP contribution in [-0.2, 0) is 11.3 Å². The number of amides is 1. The van der Waals surface area contributed by atoms with Gasteiger partial charge in [0, 0.05) is 25.7 Å². The number of alkyl carbamates (subject to hydrolysis) is 1. The SMILES string of the molecule is CSCCCn1ncc(NCCNC(=O)OC(C)(C)C)cc1=O. The monoisotopic (exact) mass is 342 g/mol. The highest BCUT2D eigenvalue weighted by Gasteiger charge is 2.15. The number of nitrogens with one attached hydrogen (secondary N) is 2. The van der Waals surface area contributed by atoms with E-state index in [9.17, 15) is 9.59 Å². The van der Waals surface area contributed by atoms with E-state index in [1.807, 2.05) is 27.0 Å². The van der Waals surface area contributed by atoms with Gasteiger partial charge in [-0.15, -0.1) is 0 Å². The maximum atomic E-state index is 11.9. The lowest BCUT2D eigenvalue weighted by molar-refractivity contribution is 0.0530. The minimum absolute atomic E-state index is 0.129. The van der Waals surface area contributed by atoms with Crippen molar-refractivity contribution in [3.63, 3.8) is 0 Å². The fourth-order valence-corrected chi connectivity index (χ4v) is 2.16. The summed E-state index contributed by atoms with van der Waals surface area (Å²) < 4.78 is 6.59. The zero-order chi connectivity index (χ0) is 17.3. The summed E-state index contributed by atoms with van der Waals surface area (Å²) in [6, 6.07) is 1.51. The number of ether oxygens (including phenoxy) is 1. The lowest BCUT2D eigenvalue weighted by Crippen LogP contribution is -2.35. The van der Waals surface area contributed by atoms with Crippen molar-refractivity contribution in [1.82, 2.24) is 15.1 Å². The summed E-state index contributed by atoms with van der Waals surface area (Å²) in [6.07, 6.45) is 4.12. The predicted molar refractivity (Wildman–Crippen MR) is 94.2 cm³/mol. The maximum Gasteiger partial charge on any atom is 0.407 e. The van der Waals surface area contributed by atoms with Crippen molar-refractivity contribution < 1.29 is 9.53 Å². The van der Waals surface area contributed by atoms with Crippen molar-refractivity contribution >= 4 is 23.5 Å². The first kappa shape index (κ1) is 19.3. The molecule has 0 saturated carbocycles. The van der Waals surface area contributed by atoms with Gasteiger partial charge in [-0.3, -0.25) is 4.79 Å². The second kappa shape index (κ2) is 9.44. The van der Waals surface area contributed by atoms with Crippen molar-refractivity contribution in [1.29, 1.82) is 0 Å². The lowest BCUT2D eigenvalue weighted by Gasteiger charge is -2.19. The van der Waals surface area contributed by atoms with Crippen LogP contribution >= 0.6 is 11.8 Å². The molecule has 0 aliphatic rings. The molecule has 2 N–H and O–H groups in total. The van der Waals surface area contributed by atoms with Gasteiger partial charge < -0.3 is 15.4 Å². The van der Waals surface area contributed by atoms with E-state index >= 15 is 0 Å². The summed E-state index contributed by atoms with van der Waals surface area (Å²) in [7, 11) is 0. The average Bonchev–Trinajstić information content (AvgIpc) is 2.44. The van der Waals surface area contributed by atoms with Crippen LogP contribution in [0.5, 0.6) is 0 Å². The van der Waals surface area contributed by atoms with Crippen LogP contribution in [0.2, 0.25) is 0 Å². The van der Waals surface area contributed by atoms with Gasteiger partial charge in [-0.05, 0) is 39.2 Å². The largest absolute Gasteiger partial charge is 0.444 e. The Morgan fingerprint density at radius 3 is 2.74 bits per heavy atom. The molecule has 0 unspecified atom stereocenters. The van der Waals surface area contributed by atoms with Crippen LogP contribution in [-0.4, -0.2) is 46.6 Å². The van der Waals surface area contributed by atoms with Crippen LogP contribution in [0.1, 0.15) is 27.2 Å². The minimum Gasteiger partial charge on any atom is -0.444 e. The molecule has 8 heteroatoms. The molecule has 23 heavy (non-hydrogen) atoms. The summed E-state index contributed by atoms with van der Waals surface area (Å²) in [5, 5.41) is 9.82. The number of aromatic nitrogens is 2. The van der Waals surface area contributed by atoms with E-state index in [2.05, 4.69) is 15.7 Å². The van der Waals surface area contributed by atoms with E-state index < -0.39 is 11.7 Å². The van der Waals surface area contributed by atoms with Crippen molar-refractivity contribution in [2.75, 3.05) is 30.4 Å². The molecule has 1 amide bonds. The van der Waals surface area contributed by atoms with Crippen molar-refractivity contribution in [3.05, 3.63) is 22.6 Å². The molecule has 0 fully saturated rings. The quantitative estimate of drug-likeness (QED) is 0.702. The van der Waals surface area contributed by atoms with Crippen LogP contribution in [0.25, 0.3) is 0 Å². The number of carbonyl (C=O) groups excluding carboxylic acids is 1. The summed E-state index contributed by atoms with van der Waals surface area (Å²) in [4.78, 5) is 23.4. The maximum absolute atomic E-state index is 11.9. The molecule has 0 aliphatic heterocycles.